The van der Waals surface area contributed by atoms with Gasteiger partial charge in [0.25, 0.3) is 5.91 Å². The van der Waals surface area contributed by atoms with Crippen LogP contribution in [0.2, 0.25) is 0 Å². The van der Waals surface area contributed by atoms with E-state index in [1.165, 1.54) is 4.90 Å². The molecule has 8 heteroatoms. The minimum atomic E-state index is -1.07. The normalized spacial score (nSPS) is 17.2. The van der Waals surface area contributed by atoms with Crippen LogP contribution in [0.25, 0.3) is 17.4 Å². The van der Waals surface area contributed by atoms with Gasteiger partial charge in [0.2, 0.25) is 0 Å². The quantitative estimate of drug-likeness (QED) is 0.493. The van der Waals surface area contributed by atoms with Gasteiger partial charge in [-0.2, -0.15) is 0 Å². The molecule has 1 aromatic carbocycles. The molecular weight excluding hydrogens is 450 g/mol. The fourth-order valence-corrected chi connectivity index (χ4v) is 4.32. The number of hydrogen-bond donors (Lipinski definition) is 1. The second-order valence-corrected chi connectivity index (χ2v) is 8.88. The zero-order valence-electron chi connectivity index (χ0n) is 14.5. The van der Waals surface area contributed by atoms with Gasteiger partial charge in [0.05, 0.1) is 4.91 Å². The summed E-state index contributed by atoms with van der Waals surface area (Å²) in [7, 11) is 0. The summed E-state index contributed by atoms with van der Waals surface area (Å²) < 4.78 is 7.03. The molecule has 2 aromatic rings. The molecule has 1 aliphatic heterocycles. The van der Waals surface area contributed by atoms with Gasteiger partial charge in [-0.3, -0.25) is 9.69 Å². The summed E-state index contributed by atoms with van der Waals surface area (Å²) in [6.45, 7) is 3.50. The van der Waals surface area contributed by atoms with Crippen molar-refractivity contribution in [2.24, 2.45) is 5.92 Å². The minimum absolute atomic E-state index is 0.243. The van der Waals surface area contributed by atoms with Crippen molar-refractivity contribution in [2.75, 3.05) is 0 Å². The van der Waals surface area contributed by atoms with Crippen LogP contribution >= 0.6 is 39.9 Å². The number of carbonyl (C=O) groups is 2. The third kappa shape index (κ3) is 4.17. The van der Waals surface area contributed by atoms with E-state index < -0.39 is 17.9 Å². The molecular formula is C19H16BrNO4S2. The Morgan fingerprint density at radius 2 is 1.93 bits per heavy atom. The van der Waals surface area contributed by atoms with Crippen LogP contribution in [0.5, 0.6) is 0 Å². The number of rotatable bonds is 5. The summed E-state index contributed by atoms with van der Waals surface area (Å²) in [5.74, 6) is -0.567. The zero-order valence-corrected chi connectivity index (χ0v) is 17.7. The van der Waals surface area contributed by atoms with Crippen LogP contribution in [0.15, 0.2) is 50.2 Å². The van der Waals surface area contributed by atoms with E-state index in [1.807, 2.05) is 30.3 Å². The fraction of sp³-hybridized carbons (Fsp3) is 0.211. The number of amides is 1. The highest BCUT2D eigenvalue weighted by molar-refractivity contribution is 9.10. The molecule has 0 bridgehead atoms. The molecule has 1 atom stereocenters. The van der Waals surface area contributed by atoms with E-state index in [1.54, 1.807) is 26.0 Å². The highest BCUT2D eigenvalue weighted by Crippen LogP contribution is 2.36. The maximum Gasteiger partial charge on any atom is 0.327 e. The Hall–Kier alpha value is -1.90. The summed E-state index contributed by atoms with van der Waals surface area (Å²) in [5.41, 5.74) is 0.913. The van der Waals surface area contributed by atoms with Gasteiger partial charge in [-0.1, -0.05) is 65.9 Å². The van der Waals surface area contributed by atoms with Gasteiger partial charge in [0.15, 0.2) is 0 Å². The van der Waals surface area contributed by atoms with Gasteiger partial charge >= 0.3 is 5.97 Å². The molecule has 3 rings (SSSR count). The number of carboxylic acids is 1. The van der Waals surface area contributed by atoms with Crippen LogP contribution in [0.4, 0.5) is 0 Å². The summed E-state index contributed by atoms with van der Waals surface area (Å²) in [6.07, 6.45) is 1.60. The average Bonchev–Trinajstić information content (AvgIpc) is 3.16. The smallest absolute Gasteiger partial charge is 0.327 e. The number of carboxylic acid groups (broad SMARTS) is 1. The van der Waals surface area contributed by atoms with Gasteiger partial charge < -0.3 is 9.52 Å². The molecule has 2 heterocycles. The first-order valence-corrected chi connectivity index (χ1v) is 10.2. The Kier molecular flexibility index (Phi) is 5.88. The molecule has 1 fully saturated rings. The second kappa shape index (κ2) is 8.00. The van der Waals surface area contributed by atoms with Crippen LogP contribution < -0.4 is 0 Å². The van der Waals surface area contributed by atoms with Gasteiger partial charge in [-0.05, 0) is 30.2 Å². The standard InChI is InChI=1S/C19H16BrNO4S2/c1-10(2)16(18(23)24)21-17(22)15(27-19(21)26)9-13-7-8-14(25-13)11-3-5-12(20)6-4-11/h3-10,16H,1-2H3,(H,23,24)/b15-9+/t16-/m0/s1. The average molecular weight is 466 g/mol. The molecule has 5 nitrogen and oxygen atoms in total. The summed E-state index contributed by atoms with van der Waals surface area (Å²) >= 11 is 9.73. The van der Waals surface area contributed by atoms with Crippen LogP contribution in [0, 0.1) is 5.92 Å². The number of aliphatic carboxylic acids is 1. The van der Waals surface area contributed by atoms with Gasteiger partial charge in [0, 0.05) is 16.1 Å². The first-order chi connectivity index (χ1) is 12.8. The maximum absolute atomic E-state index is 12.7. The van der Waals surface area contributed by atoms with Gasteiger partial charge in [-0.15, -0.1) is 0 Å². The van der Waals surface area contributed by atoms with Gasteiger partial charge in [0.1, 0.15) is 21.9 Å². The maximum atomic E-state index is 12.7. The number of carbonyl (C=O) groups excluding carboxylic acids is 1. The third-order valence-corrected chi connectivity index (χ3v) is 5.87. The lowest BCUT2D eigenvalue weighted by Crippen LogP contribution is -2.47. The van der Waals surface area contributed by atoms with Crippen LogP contribution in [-0.4, -0.2) is 32.2 Å². The number of halogens is 1. The lowest BCUT2D eigenvalue weighted by molar-refractivity contribution is -0.146. The predicted molar refractivity (Wildman–Crippen MR) is 113 cm³/mol. The molecule has 0 saturated carbocycles. The van der Waals surface area contributed by atoms with Crippen molar-refractivity contribution < 1.29 is 19.1 Å². The number of nitrogens with zero attached hydrogens (tertiary/aromatic N) is 1. The first-order valence-electron chi connectivity index (χ1n) is 8.13. The van der Waals surface area contributed by atoms with Crippen molar-refractivity contribution in [3.05, 3.63) is 51.5 Å². The first kappa shape index (κ1) is 19.9. The fourth-order valence-electron chi connectivity index (χ4n) is 2.74. The Bertz CT molecular complexity index is 933. The Balaban J connectivity index is 1.86. The number of furan rings is 1. The van der Waals surface area contributed by atoms with Crippen LogP contribution in [-0.2, 0) is 9.59 Å². The molecule has 0 aliphatic carbocycles. The highest BCUT2D eigenvalue weighted by atomic mass is 79.9. The molecule has 0 spiro atoms. The Labute approximate surface area is 174 Å². The highest BCUT2D eigenvalue weighted by Gasteiger charge is 2.42. The summed E-state index contributed by atoms with van der Waals surface area (Å²) in [5, 5.41) is 9.46. The number of hydrogen-bond acceptors (Lipinski definition) is 5. The van der Waals surface area contributed by atoms with Crippen molar-refractivity contribution in [3.63, 3.8) is 0 Å². The van der Waals surface area contributed by atoms with Crippen molar-refractivity contribution in [2.45, 2.75) is 19.9 Å². The molecule has 1 aromatic heterocycles. The third-order valence-electron chi connectivity index (χ3n) is 4.02. The van der Waals surface area contributed by atoms with E-state index in [4.69, 9.17) is 16.6 Å². The molecule has 1 amide bonds. The molecule has 0 unspecified atom stereocenters. The number of thioether (sulfide) groups is 1. The monoisotopic (exact) mass is 465 g/mol. The van der Waals surface area contributed by atoms with E-state index in [2.05, 4.69) is 15.9 Å². The number of benzene rings is 1. The van der Waals surface area contributed by atoms with E-state index in [0.717, 1.165) is 21.8 Å². The van der Waals surface area contributed by atoms with Crippen molar-refractivity contribution in [1.29, 1.82) is 0 Å². The Morgan fingerprint density at radius 1 is 1.26 bits per heavy atom. The molecule has 1 saturated heterocycles. The molecule has 27 heavy (non-hydrogen) atoms. The predicted octanol–water partition coefficient (Wildman–Crippen LogP) is 5.02. The lowest BCUT2D eigenvalue weighted by Gasteiger charge is -2.26. The lowest BCUT2D eigenvalue weighted by atomic mass is 10.0. The molecule has 140 valence electrons. The zero-order chi connectivity index (χ0) is 19.7. The second-order valence-electron chi connectivity index (χ2n) is 6.29. The number of thiocarbonyl (C=S) groups is 1. The topological polar surface area (TPSA) is 70.8 Å². The SMILES string of the molecule is CC(C)[C@@H](C(=O)O)N1C(=O)/C(=C\c2ccc(-c3ccc(Br)cc3)o2)SC1=S. The molecule has 1 N–H and O–H groups in total. The Morgan fingerprint density at radius 3 is 2.52 bits per heavy atom. The largest absolute Gasteiger partial charge is 0.480 e. The van der Waals surface area contributed by atoms with Crippen molar-refractivity contribution >= 4 is 62.2 Å². The molecule has 1 aliphatic rings. The van der Waals surface area contributed by atoms with E-state index in [9.17, 15) is 14.7 Å². The summed E-state index contributed by atoms with van der Waals surface area (Å²) in [6, 6.07) is 10.3. The van der Waals surface area contributed by atoms with Crippen molar-refractivity contribution in [1.82, 2.24) is 4.90 Å². The van der Waals surface area contributed by atoms with Gasteiger partial charge in [-0.25, -0.2) is 4.79 Å². The summed E-state index contributed by atoms with van der Waals surface area (Å²) in [4.78, 5) is 25.8. The van der Waals surface area contributed by atoms with Crippen LogP contribution in [0.3, 0.4) is 0 Å². The van der Waals surface area contributed by atoms with E-state index >= 15 is 0 Å². The van der Waals surface area contributed by atoms with Crippen LogP contribution in [0.1, 0.15) is 19.6 Å². The minimum Gasteiger partial charge on any atom is -0.480 e. The van der Waals surface area contributed by atoms with E-state index in [-0.39, 0.29) is 10.2 Å². The van der Waals surface area contributed by atoms with E-state index in [0.29, 0.717) is 16.4 Å². The van der Waals surface area contributed by atoms with Crippen molar-refractivity contribution in [3.8, 4) is 11.3 Å². The molecule has 0 radical (unpaired) electrons.